The van der Waals surface area contributed by atoms with Crippen molar-refractivity contribution in [3.63, 3.8) is 0 Å². The molecule has 2 atom stereocenters. The van der Waals surface area contributed by atoms with E-state index >= 15 is 0 Å². The first kappa shape index (κ1) is 14.6. The molecular weight excluding hydrogens is 311 g/mol. The third kappa shape index (κ3) is 3.12. The van der Waals surface area contributed by atoms with E-state index in [-0.39, 0.29) is 16.7 Å². The van der Waals surface area contributed by atoms with Crippen molar-refractivity contribution in [3.8, 4) is 0 Å². The summed E-state index contributed by atoms with van der Waals surface area (Å²) in [5.74, 6) is 0. The molecule has 0 bridgehead atoms. The molecule has 0 amide bonds. The summed E-state index contributed by atoms with van der Waals surface area (Å²) < 4.78 is 3.70. The van der Waals surface area contributed by atoms with Gasteiger partial charge in [0.15, 0.2) is 0 Å². The molecule has 2 unspecified atom stereocenters. The highest BCUT2D eigenvalue weighted by molar-refractivity contribution is 8.17. The summed E-state index contributed by atoms with van der Waals surface area (Å²) in [5, 5.41) is 4.94. The fraction of sp³-hybridized carbons (Fsp3) is 0.400. The Morgan fingerprint density at radius 2 is 1.90 bits per heavy atom. The predicted octanol–water partition coefficient (Wildman–Crippen LogP) is 4.63. The highest BCUT2D eigenvalue weighted by Crippen LogP contribution is 2.38. The van der Waals surface area contributed by atoms with Crippen molar-refractivity contribution < 1.29 is 0 Å². The molecule has 2 N–H and O–H groups in total. The van der Waals surface area contributed by atoms with Gasteiger partial charge < -0.3 is 0 Å². The van der Waals surface area contributed by atoms with Gasteiger partial charge in [0.05, 0.1) is 6.04 Å². The third-order valence-electron chi connectivity index (χ3n) is 3.61. The van der Waals surface area contributed by atoms with Gasteiger partial charge in [0.1, 0.15) is 0 Å². The van der Waals surface area contributed by atoms with Gasteiger partial charge in [-0.2, -0.15) is 0 Å². The fourth-order valence-corrected chi connectivity index (χ4v) is 5.23. The molecule has 2 aliphatic rings. The van der Waals surface area contributed by atoms with Crippen molar-refractivity contribution in [2.24, 2.45) is 0 Å². The van der Waals surface area contributed by atoms with Crippen molar-refractivity contribution in [2.45, 2.75) is 32.2 Å². The van der Waals surface area contributed by atoms with Crippen LogP contribution in [0, 0.1) is 0 Å². The average molecular weight is 329 g/mol. The molecule has 1 aromatic carbocycles. The lowest BCUT2D eigenvalue weighted by molar-refractivity contribution is 0.678. The molecule has 1 fully saturated rings. The summed E-state index contributed by atoms with van der Waals surface area (Å²) in [6.07, 6.45) is 6.02. The van der Waals surface area contributed by atoms with Crippen molar-refractivity contribution in [1.29, 1.82) is 0 Å². The van der Waals surface area contributed by atoms with E-state index in [0.29, 0.717) is 10.0 Å². The Morgan fingerprint density at radius 1 is 1.15 bits per heavy atom. The summed E-state index contributed by atoms with van der Waals surface area (Å²) in [6.45, 7) is 3.30. The summed E-state index contributed by atoms with van der Waals surface area (Å²) in [5.41, 5.74) is 1.13. The highest BCUT2D eigenvalue weighted by atomic mass is 35.5. The molecule has 0 aliphatic carbocycles. The van der Waals surface area contributed by atoms with E-state index in [9.17, 15) is 0 Å². The zero-order chi connectivity index (χ0) is 14.1. The number of nitrogens with one attached hydrogen (secondary N) is 2. The molecule has 2 heterocycles. The molecule has 108 valence electrons. The molecule has 2 aliphatic heterocycles. The van der Waals surface area contributed by atoms with Crippen molar-refractivity contribution in [2.75, 3.05) is 6.54 Å². The minimum atomic E-state index is 0.0282. The molecule has 2 nitrogen and oxygen atoms in total. The topological polar surface area (TPSA) is 24.1 Å². The minimum Gasteiger partial charge on any atom is -0.286 e. The number of hydrogen-bond acceptors (Lipinski definition) is 1. The van der Waals surface area contributed by atoms with Crippen LogP contribution < -0.4 is 10.0 Å². The van der Waals surface area contributed by atoms with Crippen LogP contribution in [0.2, 0.25) is 10.0 Å². The zero-order valence-electron chi connectivity index (χ0n) is 11.4. The molecule has 20 heavy (non-hydrogen) atoms. The van der Waals surface area contributed by atoms with Gasteiger partial charge in [-0.3, -0.25) is 10.0 Å². The number of halogens is 2. The van der Waals surface area contributed by atoms with Crippen LogP contribution in [0.4, 0.5) is 0 Å². The summed E-state index contributed by atoms with van der Waals surface area (Å²) >= 11 is 12.2. The monoisotopic (exact) mass is 328 g/mol. The van der Waals surface area contributed by atoms with Gasteiger partial charge >= 0.3 is 0 Å². The normalized spacial score (nSPS) is 28.6. The second-order valence-corrected chi connectivity index (χ2v) is 8.05. The predicted molar refractivity (Wildman–Crippen MR) is 90.5 cm³/mol. The first-order chi connectivity index (χ1) is 9.63. The smallest absolute Gasteiger partial charge is 0.0612 e. The standard InChI is InChI=1S/C15H18Cl2N2S/c1-10-6-14(11-7-12(16)9-13(17)8-11)19-20(10)15-4-2-3-5-18-15/h6-9,14,18-19H,2-5H2,1H3. The molecule has 1 aromatic rings. The summed E-state index contributed by atoms with van der Waals surface area (Å²) in [6, 6.07) is 5.95. The van der Waals surface area contributed by atoms with Crippen molar-refractivity contribution in [1.82, 2.24) is 10.0 Å². The highest BCUT2D eigenvalue weighted by Gasteiger charge is 2.22. The Bertz CT molecular complexity index is 567. The largest absolute Gasteiger partial charge is 0.286 e. The summed E-state index contributed by atoms with van der Waals surface area (Å²) in [4.78, 5) is 2.84. The van der Waals surface area contributed by atoms with E-state index < -0.39 is 0 Å². The number of benzene rings is 1. The van der Waals surface area contributed by atoms with Crippen LogP contribution in [0.1, 0.15) is 37.8 Å². The molecular formula is C15H18Cl2N2S. The number of allylic oxidation sites excluding steroid dienone is 1. The maximum atomic E-state index is 6.10. The van der Waals surface area contributed by atoms with Gasteiger partial charge in [-0.05, 0) is 54.9 Å². The molecule has 5 heteroatoms. The van der Waals surface area contributed by atoms with Crippen LogP contribution in [0.3, 0.4) is 0 Å². The van der Waals surface area contributed by atoms with Crippen LogP contribution in [0.25, 0.3) is 0 Å². The van der Waals surface area contributed by atoms with Gasteiger partial charge in [0.2, 0.25) is 0 Å². The average Bonchev–Trinajstić information content (AvgIpc) is 2.81. The Balaban J connectivity index is 1.88. The van der Waals surface area contributed by atoms with Gasteiger partial charge in [-0.1, -0.05) is 39.9 Å². The van der Waals surface area contributed by atoms with E-state index in [1.54, 1.807) is 6.07 Å². The quantitative estimate of drug-likeness (QED) is 0.734. The van der Waals surface area contributed by atoms with Gasteiger partial charge in [-0.25, -0.2) is 0 Å². The maximum absolute atomic E-state index is 6.10. The maximum Gasteiger partial charge on any atom is 0.0612 e. The SMILES string of the molecule is CC1=CC(c2cc(Cl)cc(Cl)c2)N/S1=C1/CCCCN1. The molecule has 0 saturated carbocycles. The number of hydrogen-bond donors (Lipinski definition) is 2. The first-order valence-electron chi connectivity index (χ1n) is 6.88. The lowest BCUT2D eigenvalue weighted by Gasteiger charge is -2.21. The van der Waals surface area contributed by atoms with Crippen LogP contribution in [0.5, 0.6) is 0 Å². The van der Waals surface area contributed by atoms with E-state index in [2.05, 4.69) is 23.0 Å². The fourth-order valence-electron chi connectivity index (χ4n) is 2.64. The van der Waals surface area contributed by atoms with E-state index in [0.717, 1.165) is 12.1 Å². The van der Waals surface area contributed by atoms with Crippen LogP contribution in [0.15, 0.2) is 29.2 Å². The van der Waals surface area contributed by atoms with Crippen molar-refractivity contribution >= 4 is 38.9 Å². The Hall–Kier alpha value is -0.320. The molecule has 3 rings (SSSR count). The zero-order valence-corrected chi connectivity index (χ0v) is 13.7. The van der Waals surface area contributed by atoms with Gasteiger partial charge in [0.25, 0.3) is 0 Å². The first-order valence-corrected chi connectivity index (χ1v) is 8.86. The van der Waals surface area contributed by atoms with Crippen LogP contribution >= 0.6 is 33.9 Å². The van der Waals surface area contributed by atoms with Crippen LogP contribution in [-0.4, -0.2) is 11.5 Å². The van der Waals surface area contributed by atoms with Crippen LogP contribution in [-0.2, 0) is 0 Å². The second-order valence-electron chi connectivity index (χ2n) is 5.19. The Kier molecular flexibility index (Phi) is 4.53. The van der Waals surface area contributed by atoms with Gasteiger partial charge in [0, 0.05) is 21.6 Å². The molecule has 0 radical (unpaired) electrons. The van der Waals surface area contributed by atoms with E-state index in [1.807, 2.05) is 12.1 Å². The van der Waals surface area contributed by atoms with Crippen molar-refractivity contribution in [3.05, 3.63) is 44.8 Å². The third-order valence-corrected chi connectivity index (χ3v) is 6.16. The molecule has 1 saturated heterocycles. The van der Waals surface area contributed by atoms with E-state index in [4.69, 9.17) is 23.2 Å². The molecule has 0 aromatic heterocycles. The molecule has 0 spiro atoms. The number of rotatable bonds is 1. The lowest BCUT2D eigenvalue weighted by atomic mass is 10.1. The Morgan fingerprint density at radius 3 is 2.55 bits per heavy atom. The van der Waals surface area contributed by atoms with E-state index in [1.165, 1.54) is 29.2 Å². The summed E-state index contributed by atoms with van der Waals surface area (Å²) in [7, 11) is 0.0282. The number of piperidine rings is 1. The lowest BCUT2D eigenvalue weighted by Crippen LogP contribution is -2.30. The second kappa shape index (κ2) is 6.20. The minimum absolute atomic E-state index is 0.0282. The van der Waals surface area contributed by atoms with Gasteiger partial charge in [-0.15, -0.1) is 0 Å². The Labute approximate surface area is 132 Å².